The van der Waals surface area contributed by atoms with Crippen molar-refractivity contribution in [2.45, 2.75) is 12.5 Å². The van der Waals surface area contributed by atoms with Gasteiger partial charge in [-0.05, 0) is 29.8 Å². The monoisotopic (exact) mass is 379 g/mol. The van der Waals surface area contributed by atoms with Gasteiger partial charge in [0.2, 0.25) is 5.91 Å². The molecular formula is C21H18ClN3O2. The Hall–Kier alpha value is -3.18. The van der Waals surface area contributed by atoms with Gasteiger partial charge in [0, 0.05) is 18.1 Å². The van der Waals surface area contributed by atoms with Crippen LogP contribution in [-0.2, 0) is 4.79 Å². The second-order valence-corrected chi connectivity index (χ2v) is 6.31. The van der Waals surface area contributed by atoms with E-state index < -0.39 is 6.04 Å². The molecular weight excluding hydrogens is 362 g/mol. The van der Waals surface area contributed by atoms with E-state index in [9.17, 15) is 9.59 Å². The van der Waals surface area contributed by atoms with Crippen molar-refractivity contribution in [3.63, 3.8) is 0 Å². The average molecular weight is 380 g/mol. The number of benzene rings is 2. The summed E-state index contributed by atoms with van der Waals surface area (Å²) >= 11 is 6.12. The molecule has 0 aliphatic heterocycles. The summed E-state index contributed by atoms with van der Waals surface area (Å²) in [7, 11) is 0. The molecule has 1 heterocycles. The highest BCUT2D eigenvalue weighted by atomic mass is 35.5. The van der Waals surface area contributed by atoms with Crippen molar-refractivity contribution < 1.29 is 9.59 Å². The molecule has 2 N–H and O–H groups in total. The maximum absolute atomic E-state index is 12.7. The first-order valence-electron chi connectivity index (χ1n) is 8.43. The molecule has 0 aliphatic rings. The van der Waals surface area contributed by atoms with Crippen LogP contribution in [0.4, 0.5) is 5.69 Å². The molecule has 1 atom stereocenters. The summed E-state index contributed by atoms with van der Waals surface area (Å²) in [6.07, 6.45) is 3.29. The summed E-state index contributed by atoms with van der Waals surface area (Å²) in [5, 5.41) is 6.08. The van der Waals surface area contributed by atoms with E-state index in [4.69, 9.17) is 11.6 Å². The Morgan fingerprint density at radius 3 is 2.30 bits per heavy atom. The summed E-state index contributed by atoms with van der Waals surface area (Å²) in [5.74, 6) is -0.541. The minimum absolute atomic E-state index is 0.0858. The van der Waals surface area contributed by atoms with Gasteiger partial charge in [-0.1, -0.05) is 54.1 Å². The number of amides is 2. The molecule has 1 aromatic heterocycles. The second-order valence-electron chi connectivity index (χ2n) is 5.90. The first-order chi connectivity index (χ1) is 13.1. The molecule has 0 fully saturated rings. The number of nitrogens with one attached hydrogen (secondary N) is 2. The molecule has 27 heavy (non-hydrogen) atoms. The predicted molar refractivity (Wildman–Crippen MR) is 106 cm³/mol. The van der Waals surface area contributed by atoms with Gasteiger partial charge in [0.15, 0.2) is 0 Å². The van der Waals surface area contributed by atoms with Gasteiger partial charge in [-0.2, -0.15) is 0 Å². The van der Waals surface area contributed by atoms with Crippen LogP contribution in [0.5, 0.6) is 0 Å². The number of pyridine rings is 1. The van der Waals surface area contributed by atoms with E-state index in [2.05, 4.69) is 15.6 Å². The number of halogens is 1. The Bertz CT molecular complexity index is 917. The summed E-state index contributed by atoms with van der Waals surface area (Å²) in [4.78, 5) is 29.0. The van der Waals surface area contributed by atoms with Crippen LogP contribution in [-0.4, -0.2) is 16.8 Å². The molecule has 0 aliphatic carbocycles. The van der Waals surface area contributed by atoms with Gasteiger partial charge in [0.1, 0.15) is 0 Å². The number of carbonyl (C=O) groups is 2. The molecule has 1 unspecified atom stereocenters. The molecule has 6 heteroatoms. The number of carbonyl (C=O) groups excluding carboxylic acids is 2. The zero-order valence-corrected chi connectivity index (χ0v) is 15.2. The molecule has 5 nitrogen and oxygen atoms in total. The van der Waals surface area contributed by atoms with E-state index in [0.717, 1.165) is 5.56 Å². The van der Waals surface area contributed by atoms with Crippen LogP contribution in [0.15, 0.2) is 79.1 Å². The van der Waals surface area contributed by atoms with E-state index in [1.807, 2.05) is 30.3 Å². The van der Waals surface area contributed by atoms with Crippen LogP contribution in [0.1, 0.15) is 28.4 Å². The van der Waals surface area contributed by atoms with Crippen molar-refractivity contribution in [1.82, 2.24) is 10.3 Å². The lowest BCUT2D eigenvalue weighted by atomic mass is 10.0. The molecule has 3 aromatic rings. The highest BCUT2D eigenvalue weighted by Gasteiger charge is 2.20. The Labute approximate surface area is 162 Å². The third-order valence-electron chi connectivity index (χ3n) is 3.98. The Morgan fingerprint density at radius 2 is 1.59 bits per heavy atom. The minimum atomic E-state index is -0.489. The summed E-state index contributed by atoms with van der Waals surface area (Å²) in [6, 6.07) is 19.1. The van der Waals surface area contributed by atoms with Gasteiger partial charge in [-0.25, -0.2) is 0 Å². The van der Waals surface area contributed by atoms with Crippen molar-refractivity contribution in [2.24, 2.45) is 0 Å². The van der Waals surface area contributed by atoms with E-state index in [-0.39, 0.29) is 18.2 Å². The topological polar surface area (TPSA) is 71.1 Å². The van der Waals surface area contributed by atoms with Gasteiger partial charge in [-0.15, -0.1) is 0 Å². The predicted octanol–water partition coefficient (Wildman–Crippen LogP) is 4.23. The molecule has 0 bridgehead atoms. The summed E-state index contributed by atoms with van der Waals surface area (Å²) in [5.41, 5.74) is 1.86. The number of nitrogens with zero attached hydrogens (tertiary/aromatic N) is 1. The Kier molecular flexibility index (Phi) is 6.18. The molecule has 0 saturated carbocycles. The zero-order valence-electron chi connectivity index (χ0n) is 14.4. The van der Waals surface area contributed by atoms with E-state index in [0.29, 0.717) is 16.3 Å². The lowest BCUT2D eigenvalue weighted by Crippen LogP contribution is -2.31. The van der Waals surface area contributed by atoms with Crippen molar-refractivity contribution >= 4 is 29.1 Å². The van der Waals surface area contributed by atoms with Crippen LogP contribution in [0, 0.1) is 0 Å². The maximum atomic E-state index is 12.7. The molecule has 3 rings (SSSR count). The molecule has 0 saturated heterocycles. The molecule has 2 amide bonds. The smallest absolute Gasteiger partial charge is 0.253 e. The number of hydrogen-bond donors (Lipinski definition) is 2. The number of rotatable bonds is 6. The van der Waals surface area contributed by atoms with Gasteiger partial charge in [0.25, 0.3) is 5.91 Å². The van der Waals surface area contributed by atoms with E-state index in [1.54, 1.807) is 48.8 Å². The molecule has 0 spiro atoms. The average Bonchev–Trinajstić information content (AvgIpc) is 2.69. The van der Waals surface area contributed by atoms with Crippen LogP contribution in [0.25, 0.3) is 0 Å². The number of aromatic nitrogens is 1. The summed E-state index contributed by atoms with van der Waals surface area (Å²) < 4.78 is 0. The third-order valence-corrected chi connectivity index (χ3v) is 4.31. The minimum Gasteiger partial charge on any atom is -0.345 e. The van der Waals surface area contributed by atoms with Crippen LogP contribution < -0.4 is 10.6 Å². The highest BCUT2D eigenvalue weighted by Crippen LogP contribution is 2.21. The number of anilines is 1. The van der Waals surface area contributed by atoms with Crippen molar-refractivity contribution in [2.75, 3.05) is 5.32 Å². The normalized spacial score (nSPS) is 11.4. The van der Waals surface area contributed by atoms with Crippen molar-refractivity contribution in [3.05, 3.63) is 95.3 Å². The molecule has 0 radical (unpaired) electrons. The van der Waals surface area contributed by atoms with Crippen LogP contribution in [0.3, 0.4) is 0 Å². The number of hydrogen-bond acceptors (Lipinski definition) is 3. The van der Waals surface area contributed by atoms with Gasteiger partial charge < -0.3 is 10.6 Å². The largest absolute Gasteiger partial charge is 0.345 e. The Morgan fingerprint density at radius 1 is 0.926 bits per heavy atom. The maximum Gasteiger partial charge on any atom is 0.253 e. The van der Waals surface area contributed by atoms with E-state index in [1.165, 1.54) is 0 Å². The first-order valence-corrected chi connectivity index (χ1v) is 8.81. The fraction of sp³-hybridized carbons (Fsp3) is 0.0952. The molecule has 136 valence electrons. The van der Waals surface area contributed by atoms with Gasteiger partial charge in [0.05, 0.1) is 23.0 Å². The fourth-order valence-corrected chi connectivity index (χ4v) is 2.87. The van der Waals surface area contributed by atoms with Crippen LogP contribution >= 0.6 is 11.6 Å². The van der Waals surface area contributed by atoms with E-state index >= 15 is 0 Å². The lowest BCUT2D eigenvalue weighted by Gasteiger charge is -2.19. The SMILES string of the molecule is O=C(CC(NC(=O)c1ccccc1Cl)c1ccccc1)Nc1ccncc1. The van der Waals surface area contributed by atoms with Crippen molar-refractivity contribution in [1.29, 1.82) is 0 Å². The molecule has 2 aromatic carbocycles. The van der Waals surface area contributed by atoms with Gasteiger partial charge in [-0.3, -0.25) is 14.6 Å². The quantitative estimate of drug-likeness (QED) is 0.673. The first kappa shape index (κ1) is 18.6. The third kappa shape index (κ3) is 5.15. The lowest BCUT2D eigenvalue weighted by molar-refractivity contribution is -0.116. The Balaban J connectivity index is 1.76. The fourth-order valence-electron chi connectivity index (χ4n) is 2.65. The summed E-state index contributed by atoms with van der Waals surface area (Å²) in [6.45, 7) is 0. The van der Waals surface area contributed by atoms with Crippen molar-refractivity contribution in [3.8, 4) is 0 Å². The second kappa shape index (κ2) is 8.96. The van der Waals surface area contributed by atoms with Gasteiger partial charge >= 0.3 is 0 Å². The zero-order chi connectivity index (χ0) is 19.1. The highest BCUT2D eigenvalue weighted by molar-refractivity contribution is 6.33. The standard InChI is InChI=1S/C21H18ClN3O2/c22-18-9-5-4-8-17(18)21(27)25-19(15-6-2-1-3-7-15)14-20(26)24-16-10-12-23-13-11-16/h1-13,19H,14H2,(H,25,27)(H,23,24,26). The van der Waals surface area contributed by atoms with Crippen LogP contribution in [0.2, 0.25) is 5.02 Å².